The van der Waals surface area contributed by atoms with Gasteiger partial charge in [0.25, 0.3) is 0 Å². The molecule has 0 unspecified atom stereocenters. The number of H-pyrrole nitrogens is 1. The molecule has 0 radical (unpaired) electrons. The summed E-state index contributed by atoms with van der Waals surface area (Å²) in [5.74, 6) is 1.70. The summed E-state index contributed by atoms with van der Waals surface area (Å²) >= 11 is 1.66. The number of aromatic nitrogens is 3. The summed E-state index contributed by atoms with van der Waals surface area (Å²) in [5, 5.41) is 8.17. The molecule has 0 aliphatic carbocycles. The van der Waals surface area contributed by atoms with Gasteiger partial charge in [-0.25, -0.2) is 4.98 Å². The van der Waals surface area contributed by atoms with Crippen LogP contribution in [-0.2, 0) is 11.2 Å². The van der Waals surface area contributed by atoms with Crippen LogP contribution in [0.3, 0.4) is 0 Å². The van der Waals surface area contributed by atoms with Gasteiger partial charge in [0.2, 0.25) is 5.16 Å². The van der Waals surface area contributed by atoms with Gasteiger partial charge in [-0.05, 0) is 29.0 Å². The Balaban J connectivity index is 1.70. The standard InChI is InChI=1S/C20H23N3S/c1-14-7-5-6-8-16(14)13-24-19-21-18(22-23-19)15-9-11-17(12-10-15)20(2,3)4/h5-12H,13H2,1-4H3,(H,21,22,23). The average molecular weight is 337 g/mol. The number of nitrogens with one attached hydrogen (secondary N) is 1. The third-order valence-electron chi connectivity index (χ3n) is 4.11. The Bertz CT molecular complexity index is 813. The second kappa shape index (κ2) is 6.81. The maximum absolute atomic E-state index is 4.61. The number of thioether (sulfide) groups is 1. The van der Waals surface area contributed by atoms with Crippen molar-refractivity contribution in [3.05, 3.63) is 65.2 Å². The lowest BCUT2D eigenvalue weighted by atomic mass is 9.87. The fourth-order valence-electron chi connectivity index (χ4n) is 2.48. The van der Waals surface area contributed by atoms with Crippen LogP contribution in [0, 0.1) is 6.92 Å². The van der Waals surface area contributed by atoms with Crippen LogP contribution in [0.4, 0.5) is 0 Å². The molecule has 0 aliphatic rings. The summed E-state index contributed by atoms with van der Waals surface area (Å²) < 4.78 is 0. The molecule has 1 heterocycles. The number of aromatic amines is 1. The van der Waals surface area contributed by atoms with Gasteiger partial charge in [0.15, 0.2) is 5.82 Å². The minimum Gasteiger partial charge on any atom is -0.258 e. The Labute approximate surface area is 147 Å². The zero-order valence-corrected chi connectivity index (χ0v) is 15.4. The van der Waals surface area contributed by atoms with Crippen LogP contribution in [0.15, 0.2) is 53.7 Å². The Kier molecular flexibility index (Phi) is 4.76. The van der Waals surface area contributed by atoms with Crippen LogP contribution >= 0.6 is 11.8 Å². The first-order valence-corrected chi connectivity index (χ1v) is 9.13. The third kappa shape index (κ3) is 3.88. The summed E-state index contributed by atoms with van der Waals surface area (Å²) in [4.78, 5) is 4.61. The number of hydrogen-bond donors (Lipinski definition) is 1. The minimum atomic E-state index is 0.161. The Morgan fingerprint density at radius 3 is 2.38 bits per heavy atom. The van der Waals surface area contributed by atoms with E-state index in [-0.39, 0.29) is 5.41 Å². The van der Waals surface area contributed by atoms with Crippen molar-refractivity contribution < 1.29 is 0 Å². The third-order valence-corrected chi connectivity index (χ3v) is 5.00. The minimum absolute atomic E-state index is 0.161. The highest BCUT2D eigenvalue weighted by atomic mass is 32.2. The topological polar surface area (TPSA) is 41.6 Å². The van der Waals surface area contributed by atoms with E-state index in [1.165, 1.54) is 16.7 Å². The SMILES string of the molecule is Cc1ccccc1CSc1n[nH]c(-c2ccc(C(C)(C)C)cc2)n1. The van der Waals surface area contributed by atoms with Crippen molar-refractivity contribution >= 4 is 11.8 Å². The van der Waals surface area contributed by atoms with E-state index in [9.17, 15) is 0 Å². The van der Waals surface area contributed by atoms with E-state index >= 15 is 0 Å². The van der Waals surface area contributed by atoms with E-state index in [0.29, 0.717) is 0 Å². The second-order valence-corrected chi connectivity index (χ2v) is 7.95. The Morgan fingerprint density at radius 1 is 1.00 bits per heavy atom. The fourth-order valence-corrected chi connectivity index (χ4v) is 3.36. The number of benzene rings is 2. The maximum atomic E-state index is 4.61. The molecule has 2 aromatic carbocycles. The molecule has 0 amide bonds. The van der Waals surface area contributed by atoms with Gasteiger partial charge in [-0.15, -0.1) is 5.10 Å². The van der Waals surface area contributed by atoms with E-state index in [4.69, 9.17) is 0 Å². The molecule has 3 rings (SSSR count). The van der Waals surface area contributed by atoms with E-state index < -0.39 is 0 Å². The molecule has 0 spiro atoms. The molecular weight excluding hydrogens is 314 g/mol. The molecule has 0 atom stereocenters. The van der Waals surface area contributed by atoms with Crippen LogP contribution in [0.25, 0.3) is 11.4 Å². The Morgan fingerprint density at radius 2 is 1.71 bits per heavy atom. The average Bonchev–Trinajstić information content (AvgIpc) is 3.02. The summed E-state index contributed by atoms with van der Waals surface area (Å²) in [6.07, 6.45) is 0. The van der Waals surface area contributed by atoms with Crippen LogP contribution in [-0.4, -0.2) is 15.2 Å². The predicted molar refractivity (Wildman–Crippen MR) is 101 cm³/mol. The number of hydrogen-bond acceptors (Lipinski definition) is 3. The second-order valence-electron chi connectivity index (χ2n) is 7.01. The van der Waals surface area contributed by atoms with E-state index in [0.717, 1.165) is 22.3 Å². The molecule has 0 fully saturated rings. The van der Waals surface area contributed by atoms with Gasteiger partial charge < -0.3 is 0 Å². The molecule has 3 nitrogen and oxygen atoms in total. The summed E-state index contributed by atoms with van der Waals surface area (Å²) in [5.41, 5.74) is 5.18. The van der Waals surface area contributed by atoms with Crippen molar-refractivity contribution in [3.8, 4) is 11.4 Å². The molecule has 1 N–H and O–H groups in total. The summed E-state index contributed by atoms with van der Waals surface area (Å²) in [7, 11) is 0. The molecule has 3 aromatic rings. The molecular formula is C20H23N3S. The van der Waals surface area contributed by atoms with Crippen molar-refractivity contribution in [2.24, 2.45) is 0 Å². The zero-order valence-electron chi connectivity index (χ0n) is 14.6. The Hall–Kier alpha value is -2.07. The van der Waals surface area contributed by atoms with Gasteiger partial charge in [0, 0.05) is 11.3 Å². The normalized spacial score (nSPS) is 11.7. The van der Waals surface area contributed by atoms with Gasteiger partial charge in [0.1, 0.15) is 0 Å². The fraction of sp³-hybridized carbons (Fsp3) is 0.300. The van der Waals surface area contributed by atoms with Gasteiger partial charge >= 0.3 is 0 Å². The van der Waals surface area contributed by atoms with Crippen LogP contribution < -0.4 is 0 Å². The lowest BCUT2D eigenvalue weighted by Crippen LogP contribution is -2.10. The highest BCUT2D eigenvalue weighted by molar-refractivity contribution is 7.98. The van der Waals surface area contributed by atoms with Crippen molar-refractivity contribution in [2.75, 3.05) is 0 Å². The highest BCUT2D eigenvalue weighted by Gasteiger charge is 2.14. The largest absolute Gasteiger partial charge is 0.258 e. The van der Waals surface area contributed by atoms with Gasteiger partial charge in [-0.1, -0.05) is 81.1 Å². The molecule has 0 aliphatic heterocycles. The van der Waals surface area contributed by atoms with Crippen LogP contribution in [0.5, 0.6) is 0 Å². The smallest absolute Gasteiger partial charge is 0.209 e. The van der Waals surface area contributed by atoms with Gasteiger partial charge in [-0.2, -0.15) is 0 Å². The number of nitrogens with zero attached hydrogens (tertiary/aromatic N) is 2. The van der Waals surface area contributed by atoms with Crippen molar-refractivity contribution in [1.82, 2.24) is 15.2 Å². The highest BCUT2D eigenvalue weighted by Crippen LogP contribution is 2.26. The van der Waals surface area contributed by atoms with Crippen molar-refractivity contribution in [1.29, 1.82) is 0 Å². The summed E-state index contributed by atoms with van der Waals surface area (Å²) in [6, 6.07) is 17.0. The lowest BCUT2D eigenvalue weighted by Gasteiger charge is -2.18. The van der Waals surface area contributed by atoms with Crippen LogP contribution in [0.1, 0.15) is 37.5 Å². The number of rotatable bonds is 4. The first-order valence-electron chi connectivity index (χ1n) is 8.14. The zero-order chi connectivity index (χ0) is 17.2. The monoisotopic (exact) mass is 337 g/mol. The molecule has 24 heavy (non-hydrogen) atoms. The molecule has 1 aromatic heterocycles. The number of aryl methyl sites for hydroxylation is 1. The van der Waals surface area contributed by atoms with Crippen LogP contribution in [0.2, 0.25) is 0 Å². The summed E-state index contributed by atoms with van der Waals surface area (Å²) in [6.45, 7) is 8.79. The van der Waals surface area contributed by atoms with Crippen molar-refractivity contribution in [2.45, 2.75) is 44.0 Å². The first-order chi connectivity index (χ1) is 11.4. The van der Waals surface area contributed by atoms with E-state index in [1.807, 2.05) is 0 Å². The molecule has 0 saturated heterocycles. The first kappa shape index (κ1) is 16.8. The molecule has 4 heteroatoms. The quantitative estimate of drug-likeness (QED) is 0.651. The van der Waals surface area contributed by atoms with Gasteiger partial charge in [0.05, 0.1) is 0 Å². The molecule has 0 bridgehead atoms. The molecule has 124 valence electrons. The molecule has 0 saturated carbocycles. The lowest BCUT2D eigenvalue weighted by molar-refractivity contribution is 0.590. The maximum Gasteiger partial charge on any atom is 0.209 e. The van der Waals surface area contributed by atoms with E-state index in [2.05, 4.69) is 91.4 Å². The van der Waals surface area contributed by atoms with Crippen molar-refractivity contribution in [3.63, 3.8) is 0 Å². The van der Waals surface area contributed by atoms with E-state index in [1.54, 1.807) is 11.8 Å². The predicted octanol–water partition coefficient (Wildman–Crippen LogP) is 5.37. The van der Waals surface area contributed by atoms with Gasteiger partial charge in [-0.3, -0.25) is 5.10 Å².